The predicted octanol–water partition coefficient (Wildman–Crippen LogP) is 4.71. The van der Waals surface area contributed by atoms with E-state index in [4.69, 9.17) is 27.9 Å². The first-order valence-electron chi connectivity index (χ1n) is 10.2. The van der Waals surface area contributed by atoms with E-state index in [1.165, 1.54) is 6.07 Å². The first-order valence-corrected chi connectivity index (χ1v) is 10.9. The molecule has 1 heterocycles. The van der Waals surface area contributed by atoms with Crippen molar-refractivity contribution < 1.29 is 14.3 Å². The molecule has 1 aromatic carbocycles. The van der Waals surface area contributed by atoms with E-state index in [0.29, 0.717) is 17.1 Å². The molecule has 2 rings (SSSR count). The number of carbonyl (C=O) groups is 2. The number of hydrogen-bond donors (Lipinski definition) is 2. The average Bonchev–Trinajstić information content (AvgIpc) is 2.63. The van der Waals surface area contributed by atoms with Crippen molar-refractivity contribution in [3.8, 4) is 0 Å². The summed E-state index contributed by atoms with van der Waals surface area (Å²) in [5, 5.41) is 6.55. The molecule has 2 amide bonds. The number of hydrogen-bond acceptors (Lipinski definition) is 3. The molecule has 1 aliphatic rings. The molecule has 5 nitrogen and oxygen atoms in total. The summed E-state index contributed by atoms with van der Waals surface area (Å²) >= 11 is 12.0. The third kappa shape index (κ3) is 6.59. The molecular weight excluding hydrogens is 411 g/mol. The zero-order valence-electron chi connectivity index (χ0n) is 17.9. The summed E-state index contributed by atoms with van der Waals surface area (Å²) < 4.78 is 5.99. The van der Waals surface area contributed by atoms with Crippen LogP contribution in [0, 0.1) is 17.3 Å². The van der Waals surface area contributed by atoms with Gasteiger partial charge in [-0.1, -0.05) is 57.8 Å². The number of benzene rings is 1. The Balaban J connectivity index is 2.02. The molecule has 1 saturated heterocycles. The van der Waals surface area contributed by atoms with Gasteiger partial charge in [-0.15, -0.1) is 0 Å². The molecule has 2 N–H and O–H groups in total. The second-order valence-corrected chi connectivity index (χ2v) is 9.97. The Morgan fingerprint density at radius 2 is 1.93 bits per heavy atom. The van der Waals surface area contributed by atoms with Crippen LogP contribution in [0.25, 0.3) is 0 Å². The number of halogens is 2. The topological polar surface area (TPSA) is 67.4 Å². The summed E-state index contributed by atoms with van der Waals surface area (Å²) in [5.41, 5.74) is 0.301. The van der Waals surface area contributed by atoms with E-state index in [0.717, 1.165) is 19.4 Å². The Morgan fingerprint density at radius 3 is 2.52 bits per heavy atom. The molecule has 1 aromatic rings. The minimum Gasteiger partial charge on any atom is -0.377 e. The van der Waals surface area contributed by atoms with E-state index in [1.807, 2.05) is 13.8 Å². The van der Waals surface area contributed by atoms with Gasteiger partial charge in [0.05, 0.1) is 16.7 Å². The van der Waals surface area contributed by atoms with E-state index in [9.17, 15) is 9.59 Å². The standard InChI is InChI=1S/C22H32Cl2N2O3/c1-13(2)18(26-20(27)16-9-8-15(23)11-17(16)24)21(28)25-12-14-7-6-10-29-19(14)22(3,4)5/h8-9,11,13-14,18-19H,6-7,10,12H2,1-5H3,(H,25,28)(H,26,27). The first-order chi connectivity index (χ1) is 13.5. The minimum atomic E-state index is -0.660. The van der Waals surface area contributed by atoms with Gasteiger partial charge in [0.25, 0.3) is 5.91 Å². The van der Waals surface area contributed by atoms with Crippen LogP contribution >= 0.6 is 23.2 Å². The molecule has 0 aromatic heterocycles. The number of ether oxygens (including phenoxy) is 1. The van der Waals surface area contributed by atoms with Gasteiger partial charge in [-0.3, -0.25) is 9.59 Å². The molecule has 0 saturated carbocycles. The van der Waals surface area contributed by atoms with Gasteiger partial charge in [-0.05, 0) is 42.4 Å². The minimum absolute atomic E-state index is 0.00676. The highest BCUT2D eigenvalue weighted by Crippen LogP contribution is 2.33. The molecular formula is C22H32Cl2N2O3. The quantitative estimate of drug-likeness (QED) is 0.670. The van der Waals surface area contributed by atoms with Gasteiger partial charge in [0.15, 0.2) is 0 Å². The third-order valence-corrected chi connectivity index (χ3v) is 5.80. The van der Waals surface area contributed by atoms with Gasteiger partial charge in [-0.2, -0.15) is 0 Å². The lowest BCUT2D eigenvalue weighted by Crippen LogP contribution is -2.52. The van der Waals surface area contributed by atoms with E-state index in [2.05, 4.69) is 31.4 Å². The summed E-state index contributed by atoms with van der Waals surface area (Å²) in [4.78, 5) is 25.5. The van der Waals surface area contributed by atoms with Gasteiger partial charge in [0.2, 0.25) is 5.91 Å². The van der Waals surface area contributed by atoms with Crippen molar-refractivity contribution in [3.63, 3.8) is 0 Å². The van der Waals surface area contributed by atoms with E-state index < -0.39 is 11.9 Å². The SMILES string of the molecule is CC(C)C(NC(=O)c1ccc(Cl)cc1Cl)C(=O)NCC1CCCOC1C(C)(C)C. The van der Waals surface area contributed by atoms with Crippen molar-refractivity contribution in [2.45, 2.75) is 59.6 Å². The second-order valence-electron chi connectivity index (χ2n) is 9.12. The fourth-order valence-corrected chi connectivity index (χ4v) is 4.27. The van der Waals surface area contributed by atoms with Gasteiger partial charge in [-0.25, -0.2) is 0 Å². The van der Waals surface area contributed by atoms with Crippen molar-refractivity contribution in [1.29, 1.82) is 0 Å². The normalized spacial score (nSPS) is 21.0. The van der Waals surface area contributed by atoms with Gasteiger partial charge in [0, 0.05) is 24.1 Å². The molecule has 3 atom stereocenters. The Kier molecular flexibility index (Phi) is 8.38. The molecule has 3 unspecified atom stereocenters. The fourth-order valence-electron chi connectivity index (χ4n) is 3.78. The van der Waals surface area contributed by atoms with E-state index in [1.54, 1.807) is 12.1 Å². The monoisotopic (exact) mass is 442 g/mol. The molecule has 1 fully saturated rings. The Morgan fingerprint density at radius 1 is 1.24 bits per heavy atom. The van der Waals surface area contributed by atoms with Crippen molar-refractivity contribution in [2.24, 2.45) is 17.3 Å². The molecule has 1 aliphatic heterocycles. The van der Waals surface area contributed by atoms with Crippen LogP contribution in [-0.2, 0) is 9.53 Å². The number of nitrogens with one attached hydrogen (secondary N) is 2. The van der Waals surface area contributed by atoms with Gasteiger partial charge < -0.3 is 15.4 Å². The van der Waals surface area contributed by atoms with E-state index >= 15 is 0 Å². The summed E-state index contributed by atoms with van der Waals surface area (Å²) in [6, 6.07) is 4.01. The maximum atomic E-state index is 12.9. The maximum absolute atomic E-state index is 12.9. The number of carbonyl (C=O) groups excluding carboxylic acids is 2. The molecule has 0 aliphatic carbocycles. The van der Waals surface area contributed by atoms with Crippen LogP contribution in [0.15, 0.2) is 18.2 Å². The fraction of sp³-hybridized carbons (Fsp3) is 0.636. The maximum Gasteiger partial charge on any atom is 0.253 e. The Labute approximate surface area is 183 Å². The number of rotatable bonds is 6. The van der Waals surface area contributed by atoms with Crippen LogP contribution in [0.5, 0.6) is 0 Å². The lowest BCUT2D eigenvalue weighted by molar-refractivity contribution is -0.125. The Bertz CT molecular complexity index is 731. The highest BCUT2D eigenvalue weighted by molar-refractivity contribution is 6.36. The summed E-state index contributed by atoms with van der Waals surface area (Å²) in [5.74, 6) is -0.418. The van der Waals surface area contributed by atoms with Crippen molar-refractivity contribution in [2.75, 3.05) is 13.2 Å². The largest absolute Gasteiger partial charge is 0.377 e. The van der Waals surface area contributed by atoms with Gasteiger partial charge in [0.1, 0.15) is 6.04 Å². The first kappa shape index (κ1) is 24.0. The van der Waals surface area contributed by atoms with Crippen LogP contribution in [0.1, 0.15) is 57.8 Å². The Hall–Kier alpha value is -1.30. The summed E-state index contributed by atoms with van der Waals surface area (Å²) in [7, 11) is 0. The summed E-state index contributed by atoms with van der Waals surface area (Å²) in [6.07, 6.45) is 2.10. The highest BCUT2D eigenvalue weighted by atomic mass is 35.5. The highest BCUT2D eigenvalue weighted by Gasteiger charge is 2.36. The van der Waals surface area contributed by atoms with Gasteiger partial charge >= 0.3 is 0 Å². The molecule has 162 valence electrons. The van der Waals surface area contributed by atoms with Crippen LogP contribution in [0.4, 0.5) is 0 Å². The van der Waals surface area contributed by atoms with Crippen LogP contribution in [0.2, 0.25) is 10.0 Å². The van der Waals surface area contributed by atoms with Crippen LogP contribution in [-0.4, -0.2) is 37.1 Å². The molecule has 7 heteroatoms. The predicted molar refractivity (Wildman–Crippen MR) is 117 cm³/mol. The number of amides is 2. The zero-order valence-corrected chi connectivity index (χ0v) is 19.4. The third-order valence-electron chi connectivity index (χ3n) is 5.25. The van der Waals surface area contributed by atoms with Crippen molar-refractivity contribution in [3.05, 3.63) is 33.8 Å². The van der Waals surface area contributed by atoms with Crippen LogP contribution in [0.3, 0.4) is 0 Å². The van der Waals surface area contributed by atoms with E-state index in [-0.39, 0.29) is 34.3 Å². The van der Waals surface area contributed by atoms with Crippen molar-refractivity contribution in [1.82, 2.24) is 10.6 Å². The zero-order chi connectivity index (χ0) is 21.8. The molecule has 0 spiro atoms. The average molecular weight is 443 g/mol. The van der Waals surface area contributed by atoms with Crippen LogP contribution < -0.4 is 10.6 Å². The second kappa shape index (κ2) is 10.1. The summed E-state index contributed by atoms with van der Waals surface area (Å²) in [6.45, 7) is 11.6. The lowest BCUT2D eigenvalue weighted by Gasteiger charge is -2.40. The molecule has 0 radical (unpaired) electrons. The molecule has 29 heavy (non-hydrogen) atoms. The van der Waals surface area contributed by atoms with Crippen molar-refractivity contribution >= 4 is 35.0 Å². The molecule has 0 bridgehead atoms. The smallest absolute Gasteiger partial charge is 0.253 e. The lowest BCUT2D eigenvalue weighted by atomic mass is 9.78.